The van der Waals surface area contributed by atoms with Crippen LogP contribution in [0.2, 0.25) is 0 Å². The third kappa shape index (κ3) is 3.43. The molecule has 9 heteroatoms. The monoisotopic (exact) mass is 314 g/mol. The number of halogens is 1. The van der Waals surface area contributed by atoms with E-state index in [0.717, 1.165) is 6.07 Å². The van der Waals surface area contributed by atoms with Gasteiger partial charge in [-0.05, 0) is 24.6 Å². The van der Waals surface area contributed by atoms with E-state index in [-0.39, 0.29) is 22.6 Å². The molecule has 0 aliphatic rings. The number of nitrogens with zero attached hydrogens (tertiary/aromatic N) is 3. The van der Waals surface area contributed by atoms with Crippen LogP contribution in [0, 0.1) is 12.7 Å². The second kappa shape index (κ2) is 5.88. The maximum atomic E-state index is 13.7. The Morgan fingerprint density at radius 2 is 2.14 bits per heavy atom. The maximum absolute atomic E-state index is 13.7. The SMILES string of the molecule is Cc1c(F)cc(CO)cc1S(=O)(=O)NCc1ncn(C)n1. The first kappa shape index (κ1) is 15.5. The van der Waals surface area contributed by atoms with Gasteiger partial charge >= 0.3 is 0 Å². The molecule has 0 aliphatic carbocycles. The molecule has 1 aromatic heterocycles. The molecule has 0 saturated heterocycles. The van der Waals surface area contributed by atoms with Gasteiger partial charge in [0.1, 0.15) is 12.1 Å². The highest BCUT2D eigenvalue weighted by atomic mass is 32.2. The van der Waals surface area contributed by atoms with Crippen molar-refractivity contribution in [2.24, 2.45) is 7.05 Å². The third-order valence-electron chi connectivity index (χ3n) is 2.90. The Labute approximate surface area is 121 Å². The molecule has 21 heavy (non-hydrogen) atoms. The van der Waals surface area contributed by atoms with E-state index >= 15 is 0 Å². The Hall–Kier alpha value is -1.84. The van der Waals surface area contributed by atoms with E-state index in [4.69, 9.17) is 5.11 Å². The smallest absolute Gasteiger partial charge is 0.241 e. The number of sulfonamides is 1. The summed E-state index contributed by atoms with van der Waals surface area (Å²) in [6.07, 6.45) is 1.45. The fourth-order valence-electron chi connectivity index (χ4n) is 1.78. The van der Waals surface area contributed by atoms with Gasteiger partial charge in [0, 0.05) is 12.6 Å². The topological polar surface area (TPSA) is 97.1 Å². The lowest BCUT2D eigenvalue weighted by molar-refractivity contribution is 0.281. The van der Waals surface area contributed by atoms with Crippen LogP contribution < -0.4 is 4.72 Å². The molecule has 0 aliphatic heterocycles. The van der Waals surface area contributed by atoms with E-state index in [1.807, 2.05) is 0 Å². The quantitative estimate of drug-likeness (QED) is 0.823. The van der Waals surface area contributed by atoms with Gasteiger partial charge in [-0.2, -0.15) is 5.10 Å². The standard InChI is InChI=1S/C12H15FN4O3S/c1-8-10(13)3-9(6-18)4-11(8)21(19,20)15-5-12-14-7-17(2)16-12/h3-4,7,15,18H,5-6H2,1-2H3. The van der Waals surface area contributed by atoms with Crippen molar-refractivity contribution in [1.82, 2.24) is 19.5 Å². The molecule has 2 rings (SSSR count). The first-order valence-electron chi connectivity index (χ1n) is 6.07. The molecule has 1 heterocycles. The van der Waals surface area contributed by atoms with Crippen LogP contribution in [-0.2, 0) is 30.2 Å². The van der Waals surface area contributed by atoms with Gasteiger partial charge in [0.25, 0.3) is 0 Å². The van der Waals surface area contributed by atoms with Crippen LogP contribution in [0.4, 0.5) is 4.39 Å². The fourth-order valence-corrected chi connectivity index (χ4v) is 3.06. The van der Waals surface area contributed by atoms with Crippen molar-refractivity contribution >= 4 is 10.0 Å². The zero-order chi connectivity index (χ0) is 15.6. The summed E-state index contributed by atoms with van der Waals surface area (Å²) in [6, 6.07) is 2.35. The molecule has 0 radical (unpaired) electrons. The van der Waals surface area contributed by atoms with E-state index in [1.54, 1.807) is 7.05 Å². The van der Waals surface area contributed by atoms with Crippen LogP contribution in [0.1, 0.15) is 17.0 Å². The van der Waals surface area contributed by atoms with Gasteiger partial charge in [-0.25, -0.2) is 22.5 Å². The van der Waals surface area contributed by atoms with Gasteiger partial charge in [-0.3, -0.25) is 4.68 Å². The summed E-state index contributed by atoms with van der Waals surface area (Å²) in [4.78, 5) is 3.69. The molecule has 0 bridgehead atoms. The summed E-state index contributed by atoms with van der Waals surface area (Å²) in [5.41, 5.74) is 0.183. The molecule has 0 fully saturated rings. The lowest BCUT2D eigenvalue weighted by Crippen LogP contribution is -2.25. The minimum absolute atomic E-state index is 0.00585. The third-order valence-corrected chi connectivity index (χ3v) is 4.42. The van der Waals surface area contributed by atoms with E-state index < -0.39 is 22.4 Å². The lowest BCUT2D eigenvalue weighted by atomic mass is 10.1. The largest absolute Gasteiger partial charge is 0.392 e. The molecule has 2 N–H and O–H groups in total. The maximum Gasteiger partial charge on any atom is 0.241 e. The van der Waals surface area contributed by atoms with Crippen LogP contribution in [0.25, 0.3) is 0 Å². The molecule has 0 spiro atoms. The molecular formula is C12H15FN4O3S. The first-order valence-corrected chi connectivity index (χ1v) is 7.56. The Kier molecular flexibility index (Phi) is 4.35. The van der Waals surface area contributed by atoms with Crippen molar-refractivity contribution < 1.29 is 17.9 Å². The predicted molar refractivity (Wildman–Crippen MR) is 72.1 cm³/mol. The van der Waals surface area contributed by atoms with Crippen LogP contribution in [0.15, 0.2) is 23.4 Å². The zero-order valence-electron chi connectivity index (χ0n) is 11.5. The number of aromatic nitrogens is 3. The Morgan fingerprint density at radius 1 is 1.43 bits per heavy atom. The summed E-state index contributed by atoms with van der Waals surface area (Å²) in [5, 5.41) is 13.0. The van der Waals surface area contributed by atoms with E-state index in [1.165, 1.54) is 24.0 Å². The van der Waals surface area contributed by atoms with Gasteiger partial charge in [0.2, 0.25) is 10.0 Å². The Morgan fingerprint density at radius 3 is 2.71 bits per heavy atom. The summed E-state index contributed by atoms with van der Waals surface area (Å²) >= 11 is 0. The average Bonchev–Trinajstić information content (AvgIpc) is 2.85. The summed E-state index contributed by atoms with van der Waals surface area (Å²) in [6.45, 7) is 0.819. The van der Waals surface area contributed by atoms with Gasteiger partial charge in [0.15, 0.2) is 5.82 Å². The normalized spacial score (nSPS) is 11.8. The van der Waals surface area contributed by atoms with Crippen molar-refractivity contribution in [1.29, 1.82) is 0 Å². The number of aryl methyl sites for hydroxylation is 1. The molecule has 0 unspecified atom stereocenters. The fraction of sp³-hybridized carbons (Fsp3) is 0.333. The number of hydrogen-bond acceptors (Lipinski definition) is 5. The molecule has 0 amide bonds. The Balaban J connectivity index is 2.29. The van der Waals surface area contributed by atoms with Crippen LogP contribution in [-0.4, -0.2) is 28.3 Å². The van der Waals surface area contributed by atoms with Gasteiger partial charge in [0.05, 0.1) is 18.0 Å². The number of nitrogens with one attached hydrogen (secondary N) is 1. The summed E-state index contributed by atoms with van der Waals surface area (Å²) in [7, 11) is -2.26. The number of benzene rings is 1. The van der Waals surface area contributed by atoms with E-state index in [0.29, 0.717) is 5.82 Å². The first-order chi connectivity index (χ1) is 9.83. The number of aliphatic hydroxyl groups excluding tert-OH is 1. The zero-order valence-corrected chi connectivity index (χ0v) is 12.4. The van der Waals surface area contributed by atoms with Gasteiger partial charge < -0.3 is 5.11 Å². The van der Waals surface area contributed by atoms with Crippen LogP contribution in [0.3, 0.4) is 0 Å². The molecule has 0 atom stereocenters. The number of aliphatic hydroxyl groups is 1. The van der Waals surface area contributed by atoms with Crippen molar-refractivity contribution in [2.75, 3.05) is 0 Å². The second-order valence-electron chi connectivity index (χ2n) is 4.52. The highest BCUT2D eigenvalue weighted by Gasteiger charge is 2.20. The van der Waals surface area contributed by atoms with Crippen LogP contribution >= 0.6 is 0 Å². The van der Waals surface area contributed by atoms with Gasteiger partial charge in [-0.1, -0.05) is 0 Å². The molecule has 114 valence electrons. The summed E-state index contributed by atoms with van der Waals surface area (Å²) < 4.78 is 41.9. The minimum Gasteiger partial charge on any atom is -0.392 e. The van der Waals surface area contributed by atoms with Crippen LogP contribution in [0.5, 0.6) is 0 Å². The molecule has 7 nitrogen and oxygen atoms in total. The summed E-state index contributed by atoms with van der Waals surface area (Å²) in [5.74, 6) is -0.379. The molecule has 1 aromatic carbocycles. The second-order valence-corrected chi connectivity index (χ2v) is 6.25. The molecule has 0 saturated carbocycles. The van der Waals surface area contributed by atoms with E-state index in [2.05, 4.69) is 14.8 Å². The van der Waals surface area contributed by atoms with Crippen molar-refractivity contribution in [3.63, 3.8) is 0 Å². The van der Waals surface area contributed by atoms with Crippen molar-refractivity contribution in [2.45, 2.75) is 25.0 Å². The van der Waals surface area contributed by atoms with Crippen molar-refractivity contribution in [3.8, 4) is 0 Å². The van der Waals surface area contributed by atoms with Crippen molar-refractivity contribution in [3.05, 3.63) is 41.2 Å². The average molecular weight is 314 g/mol. The van der Waals surface area contributed by atoms with E-state index in [9.17, 15) is 12.8 Å². The lowest BCUT2D eigenvalue weighted by Gasteiger charge is -2.10. The Bertz CT molecular complexity index is 758. The molecular weight excluding hydrogens is 299 g/mol. The molecule has 2 aromatic rings. The number of rotatable bonds is 5. The number of hydrogen-bond donors (Lipinski definition) is 2. The minimum atomic E-state index is -3.93. The van der Waals surface area contributed by atoms with Gasteiger partial charge in [-0.15, -0.1) is 0 Å². The predicted octanol–water partition coefficient (Wildman–Crippen LogP) is 0.233. The highest BCUT2D eigenvalue weighted by molar-refractivity contribution is 7.89. The highest BCUT2D eigenvalue weighted by Crippen LogP contribution is 2.20.